The molecule has 24 heavy (non-hydrogen) atoms. The predicted molar refractivity (Wildman–Crippen MR) is 85.8 cm³/mol. The first kappa shape index (κ1) is 15.9. The summed E-state index contributed by atoms with van der Waals surface area (Å²) < 4.78 is 6.93. The molecule has 0 aliphatic heterocycles. The van der Waals surface area contributed by atoms with E-state index < -0.39 is 0 Å². The highest BCUT2D eigenvalue weighted by Crippen LogP contribution is 2.19. The number of hydrogen-bond donors (Lipinski definition) is 1. The van der Waals surface area contributed by atoms with Gasteiger partial charge in [-0.25, -0.2) is 4.98 Å². The van der Waals surface area contributed by atoms with Crippen molar-refractivity contribution in [2.75, 3.05) is 0 Å². The van der Waals surface area contributed by atoms with Gasteiger partial charge in [0.25, 0.3) is 5.91 Å². The fraction of sp³-hybridized carbons (Fsp3) is 0.312. The monoisotopic (exact) mass is 326 g/mol. The van der Waals surface area contributed by atoms with Gasteiger partial charge in [-0.05, 0) is 18.1 Å². The van der Waals surface area contributed by atoms with Crippen molar-refractivity contribution < 1.29 is 9.32 Å². The summed E-state index contributed by atoms with van der Waals surface area (Å²) in [5, 5.41) is 10.9. The third-order valence-electron chi connectivity index (χ3n) is 3.66. The number of nitrogens with one attached hydrogen (secondary N) is 1. The largest absolute Gasteiger partial charge is 0.355 e. The van der Waals surface area contributed by atoms with E-state index in [1.807, 2.05) is 19.9 Å². The van der Waals surface area contributed by atoms with Crippen LogP contribution in [-0.4, -0.2) is 36.9 Å². The van der Waals surface area contributed by atoms with Crippen LogP contribution in [0.4, 0.5) is 0 Å². The second kappa shape index (κ2) is 7.03. The second-order valence-corrected chi connectivity index (χ2v) is 5.76. The maximum atomic E-state index is 12.4. The molecule has 8 heteroatoms. The molecule has 3 heterocycles. The van der Waals surface area contributed by atoms with Crippen LogP contribution in [0.1, 0.15) is 24.3 Å². The van der Waals surface area contributed by atoms with Gasteiger partial charge in [-0.15, -0.1) is 0 Å². The van der Waals surface area contributed by atoms with Crippen molar-refractivity contribution in [3.05, 3.63) is 48.9 Å². The zero-order valence-electron chi connectivity index (χ0n) is 13.5. The molecule has 0 fully saturated rings. The Bertz CT molecular complexity index is 782. The van der Waals surface area contributed by atoms with E-state index in [-0.39, 0.29) is 23.6 Å². The number of rotatable bonds is 6. The van der Waals surface area contributed by atoms with Gasteiger partial charge in [0.1, 0.15) is 12.7 Å². The van der Waals surface area contributed by atoms with Crippen LogP contribution >= 0.6 is 0 Å². The highest BCUT2D eigenvalue weighted by atomic mass is 16.5. The Morgan fingerprint density at radius 3 is 2.92 bits per heavy atom. The van der Waals surface area contributed by atoms with E-state index in [0.29, 0.717) is 12.3 Å². The summed E-state index contributed by atoms with van der Waals surface area (Å²) in [6, 6.07) is 5.15. The number of aromatic nitrogens is 5. The molecule has 0 radical (unpaired) electrons. The summed E-state index contributed by atoms with van der Waals surface area (Å²) >= 11 is 0. The number of carbonyl (C=O) groups is 1. The Hall–Kier alpha value is -3.03. The molecule has 0 aliphatic rings. The Morgan fingerprint density at radius 1 is 1.38 bits per heavy atom. The third kappa shape index (κ3) is 3.65. The molecule has 3 rings (SSSR count). The average molecular weight is 326 g/mol. The van der Waals surface area contributed by atoms with Crippen molar-refractivity contribution in [2.24, 2.45) is 5.92 Å². The summed E-state index contributed by atoms with van der Waals surface area (Å²) in [6.07, 6.45) is 6.42. The molecule has 1 N–H and O–H groups in total. The molecule has 0 aromatic carbocycles. The summed E-state index contributed by atoms with van der Waals surface area (Å²) in [7, 11) is 0. The van der Waals surface area contributed by atoms with Gasteiger partial charge in [-0.2, -0.15) is 5.10 Å². The van der Waals surface area contributed by atoms with E-state index in [1.165, 1.54) is 6.33 Å². The van der Waals surface area contributed by atoms with Crippen LogP contribution in [0.5, 0.6) is 0 Å². The molecule has 8 nitrogen and oxygen atoms in total. The van der Waals surface area contributed by atoms with Gasteiger partial charge >= 0.3 is 0 Å². The molecule has 1 amide bonds. The van der Waals surface area contributed by atoms with E-state index in [9.17, 15) is 4.79 Å². The second-order valence-electron chi connectivity index (χ2n) is 5.76. The summed E-state index contributed by atoms with van der Waals surface area (Å²) in [5.74, 6) is 0.446. The first-order valence-electron chi connectivity index (χ1n) is 7.64. The molecular formula is C16H18N6O2. The minimum absolute atomic E-state index is 0.0993. The summed E-state index contributed by atoms with van der Waals surface area (Å²) in [6.45, 7) is 4.61. The Kier molecular flexibility index (Phi) is 4.64. The van der Waals surface area contributed by atoms with E-state index in [2.05, 4.69) is 25.5 Å². The van der Waals surface area contributed by atoms with Crippen molar-refractivity contribution in [1.82, 2.24) is 30.2 Å². The molecule has 1 atom stereocenters. The average Bonchev–Trinajstić information content (AvgIpc) is 3.26. The fourth-order valence-electron chi connectivity index (χ4n) is 2.22. The lowest BCUT2D eigenvalue weighted by molar-refractivity contribution is 0.0910. The number of carbonyl (C=O) groups excluding carboxylic acids is 1. The first-order valence-corrected chi connectivity index (χ1v) is 7.64. The van der Waals surface area contributed by atoms with Crippen LogP contribution in [0.25, 0.3) is 11.3 Å². The lowest BCUT2D eigenvalue weighted by Gasteiger charge is -2.21. The van der Waals surface area contributed by atoms with Crippen LogP contribution in [0.2, 0.25) is 0 Å². The quantitative estimate of drug-likeness (QED) is 0.741. The zero-order chi connectivity index (χ0) is 16.9. The molecule has 0 saturated heterocycles. The first-order chi connectivity index (χ1) is 11.6. The van der Waals surface area contributed by atoms with Crippen LogP contribution in [0.15, 0.2) is 47.8 Å². The van der Waals surface area contributed by atoms with Crippen molar-refractivity contribution >= 4 is 5.91 Å². The molecule has 1 unspecified atom stereocenters. The van der Waals surface area contributed by atoms with Gasteiger partial charge in [-0.1, -0.05) is 19.0 Å². The fourth-order valence-corrected chi connectivity index (χ4v) is 2.22. The van der Waals surface area contributed by atoms with Crippen molar-refractivity contribution in [1.29, 1.82) is 0 Å². The number of nitrogens with zero attached hydrogens (tertiary/aromatic N) is 5. The lowest BCUT2D eigenvalue weighted by Crippen LogP contribution is -2.41. The van der Waals surface area contributed by atoms with E-state index >= 15 is 0 Å². The van der Waals surface area contributed by atoms with Gasteiger partial charge in [0.2, 0.25) is 0 Å². The van der Waals surface area contributed by atoms with E-state index in [1.54, 1.807) is 35.5 Å². The molecule has 0 aliphatic carbocycles. The normalized spacial score (nSPS) is 12.3. The maximum absolute atomic E-state index is 12.4. The van der Waals surface area contributed by atoms with Crippen molar-refractivity contribution in [3.63, 3.8) is 0 Å². The number of pyridine rings is 1. The molecule has 0 bridgehead atoms. The topological polar surface area (TPSA) is 98.7 Å². The van der Waals surface area contributed by atoms with Gasteiger partial charge in [0, 0.05) is 24.0 Å². The number of amides is 1. The SMILES string of the molecule is CC(C)C(Cn1cncn1)NC(=O)c1cc(-c2cccnc2)on1. The number of hydrogen-bond acceptors (Lipinski definition) is 6. The maximum Gasteiger partial charge on any atom is 0.273 e. The summed E-state index contributed by atoms with van der Waals surface area (Å²) in [4.78, 5) is 20.4. The zero-order valence-corrected chi connectivity index (χ0v) is 13.5. The predicted octanol–water partition coefficient (Wildman–Crippen LogP) is 1.78. The van der Waals surface area contributed by atoms with Crippen molar-refractivity contribution in [3.8, 4) is 11.3 Å². The van der Waals surface area contributed by atoms with Crippen LogP contribution in [0.3, 0.4) is 0 Å². The minimum Gasteiger partial charge on any atom is -0.355 e. The van der Waals surface area contributed by atoms with Gasteiger partial charge < -0.3 is 9.84 Å². The standard InChI is InChI=1S/C16H18N6O2/c1-11(2)14(8-22-10-18-9-19-22)20-16(23)13-6-15(24-21-13)12-4-3-5-17-7-12/h3-7,9-11,14H,8H2,1-2H3,(H,20,23). The summed E-state index contributed by atoms with van der Waals surface area (Å²) in [5.41, 5.74) is 1.00. The molecule has 3 aromatic heterocycles. The molecular weight excluding hydrogens is 308 g/mol. The Morgan fingerprint density at radius 2 is 2.25 bits per heavy atom. The van der Waals surface area contributed by atoms with Crippen LogP contribution in [0, 0.1) is 5.92 Å². The molecule has 0 spiro atoms. The smallest absolute Gasteiger partial charge is 0.273 e. The molecule has 3 aromatic rings. The van der Waals surface area contributed by atoms with Crippen molar-refractivity contribution in [2.45, 2.75) is 26.4 Å². The van der Waals surface area contributed by atoms with Gasteiger partial charge in [0.05, 0.1) is 12.6 Å². The van der Waals surface area contributed by atoms with Crippen LogP contribution < -0.4 is 5.32 Å². The van der Waals surface area contributed by atoms with E-state index in [4.69, 9.17) is 4.52 Å². The van der Waals surface area contributed by atoms with E-state index in [0.717, 1.165) is 5.56 Å². The Balaban J connectivity index is 1.70. The minimum atomic E-state index is -0.285. The van der Waals surface area contributed by atoms with Gasteiger partial charge in [-0.3, -0.25) is 14.5 Å². The lowest BCUT2D eigenvalue weighted by atomic mass is 10.0. The Labute approximate surface area is 138 Å². The van der Waals surface area contributed by atoms with Crippen LogP contribution in [-0.2, 0) is 6.54 Å². The van der Waals surface area contributed by atoms with Gasteiger partial charge in [0.15, 0.2) is 11.5 Å². The molecule has 0 saturated carbocycles. The third-order valence-corrected chi connectivity index (χ3v) is 3.66. The highest BCUT2D eigenvalue weighted by molar-refractivity contribution is 5.93. The highest BCUT2D eigenvalue weighted by Gasteiger charge is 2.21. The molecule has 124 valence electrons.